The number of hydrogen-bond donors (Lipinski definition) is 1. The van der Waals surface area contributed by atoms with E-state index in [0.717, 1.165) is 31.4 Å². The number of rotatable bonds is 5. The van der Waals surface area contributed by atoms with Crippen LogP contribution in [-0.2, 0) is 13.0 Å². The zero-order valence-electron chi connectivity index (χ0n) is 11.6. The molecule has 0 radical (unpaired) electrons. The molecule has 0 atom stereocenters. The molecule has 0 spiro atoms. The molecule has 3 nitrogen and oxygen atoms in total. The topological polar surface area (TPSA) is 43.8 Å². The van der Waals surface area contributed by atoms with Crippen molar-refractivity contribution in [2.75, 3.05) is 6.54 Å². The number of fused-ring (bicyclic) bond motifs is 1. The summed E-state index contributed by atoms with van der Waals surface area (Å²) >= 11 is 0. The van der Waals surface area contributed by atoms with Gasteiger partial charge in [-0.1, -0.05) is 26.0 Å². The molecule has 2 N–H and O–H groups in total. The van der Waals surface area contributed by atoms with E-state index in [1.807, 2.05) is 6.07 Å². The summed E-state index contributed by atoms with van der Waals surface area (Å²) in [6, 6.07) is 8.35. The Morgan fingerprint density at radius 1 is 1.28 bits per heavy atom. The van der Waals surface area contributed by atoms with E-state index in [0.29, 0.717) is 0 Å². The van der Waals surface area contributed by atoms with Crippen molar-refractivity contribution in [1.29, 1.82) is 0 Å². The smallest absolute Gasteiger partial charge is 0.110 e. The average Bonchev–Trinajstić information content (AvgIpc) is 2.64. The molecule has 3 heteroatoms. The fraction of sp³-hybridized carbons (Fsp3) is 0.533. The van der Waals surface area contributed by atoms with Crippen LogP contribution in [-0.4, -0.2) is 16.1 Å². The maximum Gasteiger partial charge on any atom is 0.110 e. The van der Waals surface area contributed by atoms with E-state index in [-0.39, 0.29) is 5.41 Å². The first-order valence-corrected chi connectivity index (χ1v) is 6.71. The first-order chi connectivity index (χ1) is 8.57. The second kappa shape index (κ2) is 5.11. The van der Waals surface area contributed by atoms with Gasteiger partial charge < -0.3 is 10.3 Å². The summed E-state index contributed by atoms with van der Waals surface area (Å²) in [5.41, 5.74) is 8.23. The summed E-state index contributed by atoms with van der Waals surface area (Å²) < 4.78 is 2.31. The molecule has 18 heavy (non-hydrogen) atoms. The second-order valence-electron chi connectivity index (χ2n) is 5.64. The number of aryl methyl sites for hydroxylation is 1. The number of benzene rings is 1. The fourth-order valence-corrected chi connectivity index (χ4v) is 2.52. The van der Waals surface area contributed by atoms with Gasteiger partial charge in [-0.3, -0.25) is 0 Å². The van der Waals surface area contributed by atoms with Gasteiger partial charge in [0.05, 0.1) is 11.0 Å². The van der Waals surface area contributed by atoms with Crippen LogP contribution >= 0.6 is 0 Å². The number of nitrogens with two attached hydrogens (primary N) is 1. The Kier molecular flexibility index (Phi) is 3.71. The number of nitrogens with zero attached hydrogens (tertiary/aromatic N) is 2. The van der Waals surface area contributed by atoms with Gasteiger partial charge in [0.25, 0.3) is 0 Å². The third kappa shape index (κ3) is 2.56. The van der Waals surface area contributed by atoms with Gasteiger partial charge in [-0.25, -0.2) is 4.98 Å². The van der Waals surface area contributed by atoms with Crippen molar-refractivity contribution in [3.8, 4) is 0 Å². The van der Waals surface area contributed by atoms with Crippen LogP contribution in [0.2, 0.25) is 0 Å². The van der Waals surface area contributed by atoms with E-state index in [1.54, 1.807) is 0 Å². The van der Waals surface area contributed by atoms with Crippen molar-refractivity contribution >= 4 is 11.0 Å². The minimum Gasteiger partial charge on any atom is -0.330 e. The molecule has 0 fully saturated rings. The number of para-hydroxylation sites is 2. The standard InChI is InChI=1S/C15H23N3/c1-4-18-13-8-6-5-7-12(13)17-14(18)11-15(2,3)9-10-16/h5-8H,4,9-11,16H2,1-3H3. The molecule has 1 aromatic heterocycles. The van der Waals surface area contributed by atoms with Crippen molar-refractivity contribution in [2.45, 2.75) is 40.2 Å². The van der Waals surface area contributed by atoms with Gasteiger partial charge in [0.1, 0.15) is 5.82 Å². The van der Waals surface area contributed by atoms with E-state index < -0.39 is 0 Å². The summed E-state index contributed by atoms with van der Waals surface area (Å²) in [6.45, 7) is 8.40. The number of hydrogen-bond acceptors (Lipinski definition) is 2. The lowest BCUT2D eigenvalue weighted by Crippen LogP contribution is -2.21. The second-order valence-corrected chi connectivity index (χ2v) is 5.64. The van der Waals surface area contributed by atoms with Crippen LogP contribution < -0.4 is 5.73 Å². The first kappa shape index (κ1) is 13.1. The molecule has 0 aliphatic rings. The SMILES string of the molecule is CCn1c(CC(C)(C)CCN)nc2ccccc21. The lowest BCUT2D eigenvalue weighted by Gasteiger charge is -2.23. The average molecular weight is 245 g/mol. The maximum atomic E-state index is 5.69. The molecule has 98 valence electrons. The predicted octanol–water partition coefficient (Wildman–Crippen LogP) is 2.97. The Morgan fingerprint density at radius 2 is 2.00 bits per heavy atom. The third-order valence-electron chi connectivity index (χ3n) is 3.51. The predicted molar refractivity (Wildman–Crippen MR) is 76.6 cm³/mol. The quantitative estimate of drug-likeness (QED) is 0.880. The van der Waals surface area contributed by atoms with E-state index >= 15 is 0 Å². The highest BCUT2D eigenvalue weighted by atomic mass is 15.1. The van der Waals surface area contributed by atoms with Gasteiger partial charge in [-0.15, -0.1) is 0 Å². The van der Waals surface area contributed by atoms with E-state index in [9.17, 15) is 0 Å². The molecule has 0 amide bonds. The van der Waals surface area contributed by atoms with E-state index in [2.05, 4.69) is 43.5 Å². The number of aromatic nitrogens is 2. The van der Waals surface area contributed by atoms with E-state index in [4.69, 9.17) is 10.7 Å². The van der Waals surface area contributed by atoms with Gasteiger partial charge in [0, 0.05) is 13.0 Å². The highest BCUT2D eigenvalue weighted by Crippen LogP contribution is 2.27. The van der Waals surface area contributed by atoms with Crippen LogP contribution in [0.4, 0.5) is 0 Å². The van der Waals surface area contributed by atoms with Crippen molar-refractivity contribution in [2.24, 2.45) is 11.1 Å². The fourth-order valence-electron chi connectivity index (χ4n) is 2.52. The summed E-state index contributed by atoms with van der Waals surface area (Å²) in [5, 5.41) is 0. The van der Waals surface area contributed by atoms with Gasteiger partial charge in [-0.2, -0.15) is 0 Å². The normalized spacial score (nSPS) is 12.2. The molecule has 0 saturated carbocycles. The molecule has 1 heterocycles. The molecule has 0 unspecified atom stereocenters. The van der Waals surface area contributed by atoms with Crippen LogP contribution in [0.1, 0.15) is 33.0 Å². The van der Waals surface area contributed by atoms with Gasteiger partial charge in [0.2, 0.25) is 0 Å². The molecule has 2 rings (SSSR count). The van der Waals surface area contributed by atoms with Crippen molar-refractivity contribution in [3.63, 3.8) is 0 Å². The zero-order chi connectivity index (χ0) is 13.2. The Hall–Kier alpha value is -1.35. The van der Waals surface area contributed by atoms with Crippen LogP contribution in [0.5, 0.6) is 0 Å². The molecule has 0 bridgehead atoms. The third-order valence-corrected chi connectivity index (χ3v) is 3.51. The van der Waals surface area contributed by atoms with Crippen molar-refractivity contribution in [3.05, 3.63) is 30.1 Å². The minimum atomic E-state index is 0.211. The lowest BCUT2D eigenvalue weighted by molar-refractivity contribution is 0.327. The Labute approximate surface area is 109 Å². The summed E-state index contributed by atoms with van der Waals surface area (Å²) in [4.78, 5) is 4.77. The number of imidazole rings is 1. The van der Waals surface area contributed by atoms with Gasteiger partial charge in [0.15, 0.2) is 0 Å². The monoisotopic (exact) mass is 245 g/mol. The molecular formula is C15H23N3. The first-order valence-electron chi connectivity index (χ1n) is 6.71. The van der Waals surface area contributed by atoms with E-state index in [1.165, 1.54) is 11.3 Å². The molecule has 1 aromatic carbocycles. The molecule has 0 saturated heterocycles. The Balaban J connectivity index is 2.38. The highest BCUT2D eigenvalue weighted by Gasteiger charge is 2.21. The highest BCUT2D eigenvalue weighted by molar-refractivity contribution is 5.75. The van der Waals surface area contributed by atoms with Crippen molar-refractivity contribution < 1.29 is 0 Å². The van der Waals surface area contributed by atoms with Gasteiger partial charge in [-0.05, 0) is 37.4 Å². The Morgan fingerprint density at radius 3 is 2.67 bits per heavy atom. The maximum absolute atomic E-state index is 5.69. The summed E-state index contributed by atoms with van der Waals surface area (Å²) in [7, 11) is 0. The molecular weight excluding hydrogens is 222 g/mol. The van der Waals surface area contributed by atoms with Crippen molar-refractivity contribution in [1.82, 2.24) is 9.55 Å². The van der Waals surface area contributed by atoms with Gasteiger partial charge >= 0.3 is 0 Å². The molecule has 0 aliphatic heterocycles. The van der Waals surface area contributed by atoms with Crippen LogP contribution in [0.25, 0.3) is 11.0 Å². The zero-order valence-corrected chi connectivity index (χ0v) is 11.6. The summed E-state index contributed by atoms with van der Waals surface area (Å²) in [6.07, 6.45) is 2.01. The lowest BCUT2D eigenvalue weighted by atomic mass is 9.85. The van der Waals surface area contributed by atoms with Crippen LogP contribution in [0.15, 0.2) is 24.3 Å². The molecule has 0 aliphatic carbocycles. The Bertz CT molecular complexity index is 526. The minimum absolute atomic E-state index is 0.211. The largest absolute Gasteiger partial charge is 0.330 e. The molecule has 2 aromatic rings. The summed E-state index contributed by atoms with van der Waals surface area (Å²) in [5.74, 6) is 1.18. The van der Waals surface area contributed by atoms with Crippen LogP contribution in [0, 0.1) is 5.41 Å². The van der Waals surface area contributed by atoms with Crippen LogP contribution in [0.3, 0.4) is 0 Å².